The van der Waals surface area contributed by atoms with E-state index in [-0.39, 0.29) is 11.2 Å². The van der Waals surface area contributed by atoms with Crippen LogP contribution in [0, 0.1) is 17.5 Å². The van der Waals surface area contributed by atoms with Crippen LogP contribution in [-0.2, 0) is 6.67 Å². The van der Waals surface area contributed by atoms with Gasteiger partial charge in [0.1, 0.15) is 5.15 Å². The van der Waals surface area contributed by atoms with E-state index >= 15 is 0 Å². The van der Waals surface area contributed by atoms with Crippen molar-refractivity contribution in [2.75, 3.05) is 13.1 Å². The second-order valence-electron chi connectivity index (χ2n) is 5.30. The molecule has 1 atom stereocenters. The Balaban J connectivity index is 1.71. The summed E-state index contributed by atoms with van der Waals surface area (Å²) in [6.45, 7) is 1.81. The molecule has 1 fully saturated rings. The minimum Gasteiger partial charge on any atom is -0.307 e. The summed E-state index contributed by atoms with van der Waals surface area (Å²) in [5, 5.41) is 0.593. The Morgan fingerprint density at radius 3 is 2.45 bits per heavy atom. The summed E-state index contributed by atoms with van der Waals surface area (Å²) in [7, 11) is 0. The molecule has 1 unspecified atom stereocenters. The molecule has 1 saturated heterocycles. The summed E-state index contributed by atoms with van der Waals surface area (Å²) in [5.74, 6) is -3.79. The highest BCUT2D eigenvalue weighted by Gasteiger charge is 2.26. The van der Waals surface area contributed by atoms with Gasteiger partial charge in [0.15, 0.2) is 17.5 Å². The van der Waals surface area contributed by atoms with Gasteiger partial charge in [-0.15, -0.1) is 0 Å². The number of hydrogen-bond donors (Lipinski definition) is 0. The van der Waals surface area contributed by atoms with Crippen molar-refractivity contribution < 1.29 is 13.2 Å². The van der Waals surface area contributed by atoms with Crippen molar-refractivity contribution in [2.24, 2.45) is 0 Å². The second kappa shape index (κ2) is 6.10. The largest absolute Gasteiger partial charge is 0.307 e. The fourth-order valence-corrected chi connectivity index (χ4v) is 3.16. The zero-order valence-corrected chi connectivity index (χ0v) is 12.9. The van der Waals surface area contributed by atoms with E-state index in [9.17, 15) is 13.2 Å². The molecule has 2 aromatic rings. The Kier molecular flexibility index (Phi) is 4.34. The van der Waals surface area contributed by atoms with Crippen LogP contribution in [0.2, 0.25) is 10.4 Å². The van der Waals surface area contributed by atoms with Gasteiger partial charge in [0, 0.05) is 19.3 Å². The molecule has 0 amide bonds. The van der Waals surface area contributed by atoms with Crippen molar-refractivity contribution >= 4 is 23.2 Å². The third kappa shape index (κ3) is 3.09. The van der Waals surface area contributed by atoms with Gasteiger partial charge in [-0.25, -0.2) is 18.2 Å². The van der Waals surface area contributed by atoms with Crippen molar-refractivity contribution in [2.45, 2.75) is 19.0 Å². The first-order valence-electron chi connectivity index (χ1n) is 6.69. The maximum absolute atomic E-state index is 13.3. The molecule has 2 heterocycles. The Morgan fingerprint density at radius 1 is 1.18 bits per heavy atom. The van der Waals surface area contributed by atoms with Crippen LogP contribution < -0.4 is 0 Å². The van der Waals surface area contributed by atoms with Gasteiger partial charge in [-0.1, -0.05) is 11.6 Å². The van der Waals surface area contributed by atoms with Crippen molar-refractivity contribution in [1.82, 2.24) is 14.5 Å². The Bertz CT molecular complexity index is 682. The van der Waals surface area contributed by atoms with Gasteiger partial charge in [0.05, 0.1) is 6.67 Å². The van der Waals surface area contributed by atoms with Crippen LogP contribution in [0.15, 0.2) is 18.3 Å². The van der Waals surface area contributed by atoms with Crippen LogP contribution in [0.25, 0.3) is 0 Å². The molecule has 0 bridgehead atoms. The number of aromatic nitrogens is 2. The van der Waals surface area contributed by atoms with Crippen LogP contribution in [-0.4, -0.2) is 27.5 Å². The molecule has 0 spiro atoms. The molecule has 1 aliphatic heterocycles. The number of hydrogen-bond acceptors (Lipinski definition) is 2. The summed E-state index contributed by atoms with van der Waals surface area (Å²) in [6.07, 6.45) is 2.35. The summed E-state index contributed by atoms with van der Waals surface area (Å²) in [5.41, 5.74) is 0.466. The monoisotopic (exact) mass is 349 g/mol. The van der Waals surface area contributed by atoms with E-state index < -0.39 is 17.5 Å². The van der Waals surface area contributed by atoms with Crippen LogP contribution in [0.5, 0.6) is 0 Å². The first-order valence-corrected chi connectivity index (χ1v) is 7.44. The van der Waals surface area contributed by atoms with Crippen molar-refractivity contribution in [3.8, 4) is 0 Å². The van der Waals surface area contributed by atoms with Crippen molar-refractivity contribution in [3.63, 3.8) is 0 Å². The molecule has 0 N–H and O–H groups in total. The summed E-state index contributed by atoms with van der Waals surface area (Å²) in [4.78, 5) is 5.95. The van der Waals surface area contributed by atoms with E-state index in [4.69, 9.17) is 23.2 Å². The summed E-state index contributed by atoms with van der Waals surface area (Å²) in [6, 6.07) is 2.13. The van der Waals surface area contributed by atoms with Gasteiger partial charge in [-0.3, -0.25) is 4.90 Å². The van der Waals surface area contributed by atoms with Gasteiger partial charge in [-0.05, 0) is 41.6 Å². The molecule has 1 aromatic heterocycles. The van der Waals surface area contributed by atoms with Gasteiger partial charge in [0.2, 0.25) is 5.28 Å². The van der Waals surface area contributed by atoms with Crippen molar-refractivity contribution in [1.29, 1.82) is 0 Å². The van der Waals surface area contributed by atoms with E-state index in [1.807, 2.05) is 0 Å². The molecule has 22 heavy (non-hydrogen) atoms. The molecular formula is C14H12Cl2F3N3. The van der Waals surface area contributed by atoms with Crippen LogP contribution in [0.1, 0.15) is 17.9 Å². The number of likely N-dealkylation sites (tertiary alicyclic amines) is 1. The molecular weight excluding hydrogens is 338 g/mol. The normalized spacial score (nSPS) is 19.0. The fourth-order valence-electron chi connectivity index (χ4n) is 2.72. The average Bonchev–Trinajstić information content (AvgIpc) is 3.03. The zero-order chi connectivity index (χ0) is 15.9. The standard InChI is InChI=1S/C14H12Cl2F3N3/c15-12-6-22(14(16)20-12)7-21-2-1-8(5-21)9-3-10(17)13(19)11(18)4-9/h3-4,6,8H,1-2,5,7H2. The average molecular weight is 350 g/mol. The van der Waals surface area contributed by atoms with Gasteiger partial charge in [-0.2, -0.15) is 0 Å². The smallest absolute Gasteiger partial charge is 0.205 e. The zero-order valence-electron chi connectivity index (χ0n) is 11.4. The van der Waals surface area contributed by atoms with Gasteiger partial charge < -0.3 is 4.57 Å². The molecule has 118 valence electrons. The third-order valence-electron chi connectivity index (χ3n) is 3.80. The maximum atomic E-state index is 13.3. The van der Waals surface area contributed by atoms with Gasteiger partial charge >= 0.3 is 0 Å². The first kappa shape index (κ1) is 15.6. The number of nitrogens with zero attached hydrogens (tertiary/aromatic N) is 3. The molecule has 8 heteroatoms. The molecule has 0 radical (unpaired) electrons. The summed E-state index contributed by atoms with van der Waals surface area (Å²) >= 11 is 11.7. The number of rotatable bonds is 3. The van der Waals surface area contributed by atoms with Crippen molar-refractivity contribution in [3.05, 3.63) is 51.8 Å². The predicted octanol–water partition coefficient (Wildman–Crippen LogP) is 4.05. The van der Waals surface area contributed by atoms with Crippen LogP contribution in [0.3, 0.4) is 0 Å². The van der Waals surface area contributed by atoms with Gasteiger partial charge in [0.25, 0.3) is 0 Å². The number of benzene rings is 1. The second-order valence-corrected chi connectivity index (χ2v) is 6.03. The third-order valence-corrected chi connectivity index (χ3v) is 4.28. The summed E-state index contributed by atoms with van der Waals surface area (Å²) < 4.78 is 41.3. The van der Waals surface area contributed by atoms with E-state index in [0.717, 1.165) is 25.1 Å². The Hall–Kier alpha value is -1.24. The van der Waals surface area contributed by atoms with E-state index in [2.05, 4.69) is 9.88 Å². The SMILES string of the molecule is Fc1cc(C2CCN(Cn3cc(Cl)nc3Cl)C2)cc(F)c1F. The Labute approximate surface area is 135 Å². The van der Waals surface area contributed by atoms with Crippen LogP contribution >= 0.6 is 23.2 Å². The lowest BCUT2D eigenvalue weighted by Crippen LogP contribution is -2.23. The molecule has 0 saturated carbocycles. The molecule has 0 aliphatic carbocycles. The van der Waals surface area contributed by atoms with E-state index in [0.29, 0.717) is 23.9 Å². The molecule has 1 aromatic carbocycles. The maximum Gasteiger partial charge on any atom is 0.205 e. The van der Waals surface area contributed by atoms with E-state index in [1.165, 1.54) is 0 Å². The number of halogens is 5. The quantitative estimate of drug-likeness (QED) is 0.779. The minimum atomic E-state index is -1.43. The predicted molar refractivity (Wildman–Crippen MR) is 77.5 cm³/mol. The van der Waals surface area contributed by atoms with E-state index in [1.54, 1.807) is 10.8 Å². The fraction of sp³-hybridized carbons (Fsp3) is 0.357. The van der Waals surface area contributed by atoms with Crippen LogP contribution in [0.4, 0.5) is 13.2 Å². The minimum absolute atomic E-state index is 0.0534. The lowest BCUT2D eigenvalue weighted by Gasteiger charge is -2.17. The topological polar surface area (TPSA) is 21.1 Å². The highest BCUT2D eigenvalue weighted by atomic mass is 35.5. The molecule has 3 nitrogen and oxygen atoms in total. The highest BCUT2D eigenvalue weighted by molar-refractivity contribution is 6.32. The first-order chi connectivity index (χ1) is 10.4. The lowest BCUT2D eigenvalue weighted by molar-refractivity contribution is 0.267. The molecule has 3 rings (SSSR count). The molecule has 1 aliphatic rings. The Morgan fingerprint density at radius 2 is 1.86 bits per heavy atom. The lowest BCUT2D eigenvalue weighted by atomic mass is 9.98. The number of imidazole rings is 1. The highest BCUT2D eigenvalue weighted by Crippen LogP contribution is 2.30.